The number of methoxy groups -OCH3 is 1. The van der Waals surface area contributed by atoms with Gasteiger partial charge in [-0.15, -0.1) is 0 Å². The number of sulfonamides is 1. The highest BCUT2D eigenvalue weighted by atomic mass is 35.5. The van der Waals surface area contributed by atoms with Gasteiger partial charge in [-0.2, -0.15) is 13.2 Å². The van der Waals surface area contributed by atoms with Gasteiger partial charge in [0.05, 0.1) is 23.6 Å². The van der Waals surface area contributed by atoms with Crippen molar-refractivity contribution in [3.63, 3.8) is 0 Å². The third-order valence-corrected chi connectivity index (χ3v) is 7.64. The van der Waals surface area contributed by atoms with E-state index in [-0.39, 0.29) is 23.4 Å². The Morgan fingerprint density at radius 1 is 1.21 bits per heavy atom. The number of benzene rings is 1. The van der Waals surface area contributed by atoms with E-state index in [9.17, 15) is 21.6 Å². The van der Waals surface area contributed by atoms with Crippen molar-refractivity contribution in [2.45, 2.75) is 25.1 Å². The van der Waals surface area contributed by atoms with Crippen LogP contribution in [0.4, 0.5) is 24.8 Å². The van der Waals surface area contributed by atoms with Crippen LogP contribution in [0.2, 0.25) is 5.02 Å². The fourth-order valence-electron chi connectivity index (χ4n) is 4.07. The molecular weight excluding hydrogens is 547 g/mol. The number of aromatic nitrogens is 4. The largest absolute Gasteiger partial charge is 0.420 e. The first-order valence-electron chi connectivity index (χ1n) is 11.7. The number of nitrogens with one attached hydrogen (secondary N) is 2. The Kier molecular flexibility index (Phi) is 8.45. The molecule has 0 aliphatic carbocycles. The van der Waals surface area contributed by atoms with Gasteiger partial charge < -0.3 is 19.9 Å². The van der Waals surface area contributed by atoms with Gasteiger partial charge in [-0.1, -0.05) is 11.6 Å². The number of ether oxygens (including phenoxy) is 1. The SMILES string of the molecule is COCCNc1ccc(-n2cnc(-c3nc(NC4CCN(S(C)(=O)=O)CC4)ncc3C(F)(F)F)c2)c(Cl)c1. The lowest BCUT2D eigenvalue weighted by atomic mass is 10.1. The van der Waals surface area contributed by atoms with E-state index in [1.807, 2.05) is 0 Å². The number of hydrogen-bond donors (Lipinski definition) is 2. The monoisotopic (exact) mass is 573 g/mol. The Labute approximate surface area is 223 Å². The molecule has 3 heterocycles. The van der Waals surface area contributed by atoms with Crippen LogP contribution in [0.1, 0.15) is 18.4 Å². The first-order valence-corrected chi connectivity index (χ1v) is 13.9. The number of imidazole rings is 1. The van der Waals surface area contributed by atoms with E-state index in [4.69, 9.17) is 16.3 Å². The van der Waals surface area contributed by atoms with E-state index in [1.54, 1.807) is 25.3 Å². The summed E-state index contributed by atoms with van der Waals surface area (Å²) >= 11 is 6.43. The third-order valence-electron chi connectivity index (χ3n) is 6.04. The maximum atomic E-state index is 13.8. The lowest BCUT2D eigenvalue weighted by Gasteiger charge is -2.30. The predicted octanol–water partition coefficient (Wildman–Crippen LogP) is 3.90. The summed E-state index contributed by atoms with van der Waals surface area (Å²) in [6.07, 6.45) is 0.892. The number of anilines is 2. The number of rotatable bonds is 9. The fraction of sp³-hybridized carbons (Fsp3) is 0.435. The van der Waals surface area contributed by atoms with Crippen molar-refractivity contribution in [2.75, 3.05) is 50.2 Å². The highest BCUT2D eigenvalue weighted by Crippen LogP contribution is 2.36. The summed E-state index contributed by atoms with van der Waals surface area (Å²) in [6.45, 7) is 1.70. The second-order valence-electron chi connectivity index (χ2n) is 8.79. The van der Waals surface area contributed by atoms with Gasteiger partial charge in [0.1, 0.15) is 23.3 Å². The minimum atomic E-state index is -4.70. The molecule has 0 amide bonds. The number of nitrogens with zero attached hydrogens (tertiary/aromatic N) is 5. The van der Waals surface area contributed by atoms with Crippen LogP contribution in [-0.2, 0) is 20.9 Å². The van der Waals surface area contributed by atoms with E-state index in [0.29, 0.717) is 49.8 Å². The lowest BCUT2D eigenvalue weighted by molar-refractivity contribution is -0.137. The molecular formula is C23H27ClF3N7O3S. The molecule has 0 saturated carbocycles. The topological polar surface area (TPSA) is 114 Å². The molecule has 2 N–H and O–H groups in total. The van der Waals surface area contributed by atoms with Gasteiger partial charge in [-0.3, -0.25) is 0 Å². The molecule has 1 aliphatic rings. The molecule has 206 valence electrons. The van der Waals surface area contributed by atoms with Gasteiger partial charge >= 0.3 is 6.18 Å². The zero-order valence-electron chi connectivity index (χ0n) is 20.7. The van der Waals surface area contributed by atoms with Crippen molar-refractivity contribution in [1.82, 2.24) is 23.8 Å². The summed E-state index contributed by atoms with van der Waals surface area (Å²) < 4.78 is 72.8. The van der Waals surface area contributed by atoms with Crippen molar-refractivity contribution >= 4 is 33.3 Å². The van der Waals surface area contributed by atoms with Crippen LogP contribution < -0.4 is 10.6 Å². The van der Waals surface area contributed by atoms with E-state index < -0.39 is 21.8 Å². The Bertz CT molecular complexity index is 1380. The molecule has 38 heavy (non-hydrogen) atoms. The maximum Gasteiger partial charge on any atom is 0.420 e. The predicted molar refractivity (Wildman–Crippen MR) is 138 cm³/mol. The highest BCUT2D eigenvalue weighted by Gasteiger charge is 2.36. The Balaban J connectivity index is 1.57. The van der Waals surface area contributed by atoms with Gasteiger partial charge in [0.2, 0.25) is 16.0 Å². The van der Waals surface area contributed by atoms with E-state index in [1.165, 1.54) is 21.4 Å². The minimum absolute atomic E-state index is 0.00451. The standard InChI is InChI=1S/C23H27ClF3N7O3S/c1-37-10-7-28-16-3-4-20(18(24)11-16)33-13-19(30-14-33)21-17(23(25,26)27)12-29-22(32-21)31-15-5-8-34(9-6-15)38(2,35)36/h3-4,11-15,28H,5-10H2,1-2H3,(H,29,31,32). The summed E-state index contributed by atoms with van der Waals surface area (Å²) in [7, 11) is -1.70. The Morgan fingerprint density at radius 2 is 1.95 bits per heavy atom. The second-order valence-corrected chi connectivity index (χ2v) is 11.2. The van der Waals surface area contributed by atoms with Gasteiger partial charge in [-0.05, 0) is 31.0 Å². The Morgan fingerprint density at radius 3 is 2.58 bits per heavy atom. The lowest BCUT2D eigenvalue weighted by Crippen LogP contribution is -2.42. The minimum Gasteiger partial charge on any atom is -0.383 e. The van der Waals surface area contributed by atoms with Crippen molar-refractivity contribution in [1.29, 1.82) is 0 Å². The summed E-state index contributed by atoms with van der Waals surface area (Å²) in [5.74, 6) is 0.00451. The average Bonchev–Trinajstić information content (AvgIpc) is 3.33. The summed E-state index contributed by atoms with van der Waals surface area (Å²) in [5, 5.41) is 6.56. The van der Waals surface area contributed by atoms with E-state index in [2.05, 4.69) is 25.6 Å². The second kappa shape index (κ2) is 11.4. The fourth-order valence-corrected chi connectivity index (χ4v) is 5.22. The smallest absolute Gasteiger partial charge is 0.383 e. The van der Waals surface area contributed by atoms with E-state index in [0.717, 1.165) is 18.1 Å². The molecule has 4 rings (SSSR count). The highest BCUT2D eigenvalue weighted by molar-refractivity contribution is 7.88. The molecule has 15 heteroatoms. The number of hydrogen-bond acceptors (Lipinski definition) is 8. The maximum absolute atomic E-state index is 13.8. The van der Waals surface area contributed by atoms with Gasteiger partial charge in [0, 0.05) is 50.9 Å². The van der Waals surface area contributed by atoms with Crippen LogP contribution in [-0.4, -0.2) is 77.9 Å². The van der Waals surface area contributed by atoms with Crippen LogP contribution >= 0.6 is 11.6 Å². The van der Waals surface area contributed by atoms with Crippen molar-refractivity contribution in [3.05, 3.63) is 47.5 Å². The number of halogens is 4. The molecule has 1 fully saturated rings. The molecule has 1 saturated heterocycles. The average molecular weight is 574 g/mol. The normalized spacial score (nSPS) is 15.5. The van der Waals surface area contributed by atoms with Crippen molar-refractivity contribution in [3.8, 4) is 17.1 Å². The summed E-state index contributed by atoms with van der Waals surface area (Å²) in [5.41, 5.74) is -0.112. The summed E-state index contributed by atoms with van der Waals surface area (Å²) in [6, 6.07) is 5.03. The molecule has 0 spiro atoms. The molecule has 10 nitrogen and oxygen atoms in total. The molecule has 1 aromatic carbocycles. The number of alkyl halides is 3. The molecule has 3 aromatic rings. The molecule has 0 radical (unpaired) electrons. The van der Waals surface area contributed by atoms with Crippen LogP contribution in [0.15, 0.2) is 36.9 Å². The zero-order chi connectivity index (χ0) is 27.5. The summed E-state index contributed by atoms with van der Waals surface area (Å²) in [4.78, 5) is 12.2. The molecule has 0 atom stereocenters. The third kappa shape index (κ3) is 6.73. The molecule has 0 bridgehead atoms. The first-order chi connectivity index (χ1) is 18.0. The molecule has 2 aromatic heterocycles. The van der Waals surface area contributed by atoms with Crippen LogP contribution in [0.5, 0.6) is 0 Å². The Hall–Kier alpha value is -2.94. The quantitative estimate of drug-likeness (QED) is 0.371. The van der Waals surface area contributed by atoms with Crippen molar-refractivity contribution in [2.24, 2.45) is 0 Å². The van der Waals surface area contributed by atoms with Crippen LogP contribution in [0.3, 0.4) is 0 Å². The number of piperidine rings is 1. The van der Waals surface area contributed by atoms with Crippen LogP contribution in [0.25, 0.3) is 17.1 Å². The van der Waals surface area contributed by atoms with E-state index >= 15 is 0 Å². The molecule has 1 aliphatic heterocycles. The van der Waals surface area contributed by atoms with Gasteiger partial charge in [-0.25, -0.2) is 27.7 Å². The molecule has 0 unspecified atom stereocenters. The zero-order valence-corrected chi connectivity index (χ0v) is 22.2. The van der Waals surface area contributed by atoms with Crippen LogP contribution in [0, 0.1) is 0 Å². The van der Waals surface area contributed by atoms with Gasteiger partial charge in [0.25, 0.3) is 0 Å². The van der Waals surface area contributed by atoms with Crippen molar-refractivity contribution < 1.29 is 26.3 Å². The van der Waals surface area contributed by atoms with Gasteiger partial charge in [0.15, 0.2) is 0 Å². The first kappa shape index (κ1) is 28.1.